The first kappa shape index (κ1) is 16.9. The molecule has 2 saturated carbocycles. The van der Waals surface area contributed by atoms with Crippen LogP contribution in [0.4, 0.5) is 5.69 Å². The molecule has 5 unspecified atom stereocenters. The van der Waals surface area contributed by atoms with Crippen molar-refractivity contribution in [1.82, 2.24) is 0 Å². The fraction of sp³-hybridized carbons (Fsp3) is 0.409. The van der Waals surface area contributed by atoms with E-state index in [-0.39, 0.29) is 6.04 Å². The second kappa shape index (κ2) is 6.16. The number of hydrogen-bond acceptors (Lipinski definition) is 3. The van der Waals surface area contributed by atoms with E-state index in [0.29, 0.717) is 29.2 Å². The van der Waals surface area contributed by atoms with Gasteiger partial charge in [0.25, 0.3) is 0 Å². The molecule has 4 nitrogen and oxygen atoms in total. The second-order valence-corrected chi connectivity index (χ2v) is 8.43. The molecule has 140 valence electrons. The quantitative estimate of drug-likeness (QED) is 0.750. The van der Waals surface area contributed by atoms with Crippen molar-refractivity contribution in [3.05, 3.63) is 58.1 Å². The Morgan fingerprint density at radius 3 is 2.59 bits per heavy atom. The average molecular weight is 384 g/mol. The summed E-state index contributed by atoms with van der Waals surface area (Å²) in [6.07, 6.45) is 3.80. The van der Waals surface area contributed by atoms with Gasteiger partial charge in [0.2, 0.25) is 0 Å². The van der Waals surface area contributed by atoms with Crippen molar-refractivity contribution >= 4 is 23.3 Å². The van der Waals surface area contributed by atoms with Crippen LogP contribution in [0.1, 0.15) is 52.7 Å². The Hall–Kier alpha value is -2.20. The zero-order valence-electron chi connectivity index (χ0n) is 15.1. The van der Waals surface area contributed by atoms with Crippen molar-refractivity contribution in [2.24, 2.45) is 17.8 Å². The SMILES string of the molecule is COc1ccc(Cl)c2c1NC(c1ccc(C(=O)O)cc1)C1C3CCC(C3)C21. The molecule has 1 aliphatic heterocycles. The molecule has 2 fully saturated rings. The summed E-state index contributed by atoms with van der Waals surface area (Å²) in [5.74, 6) is 2.21. The van der Waals surface area contributed by atoms with Crippen LogP contribution in [-0.2, 0) is 0 Å². The molecular formula is C22H22ClNO3. The normalized spacial score (nSPS) is 30.4. The summed E-state index contributed by atoms with van der Waals surface area (Å²) < 4.78 is 5.63. The van der Waals surface area contributed by atoms with Gasteiger partial charge in [0.05, 0.1) is 24.4 Å². The Morgan fingerprint density at radius 2 is 1.89 bits per heavy atom. The monoisotopic (exact) mass is 383 g/mol. The summed E-state index contributed by atoms with van der Waals surface area (Å²) >= 11 is 6.66. The maximum Gasteiger partial charge on any atom is 0.335 e. The number of carboxylic acids is 1. The van der Waals surface area contributed by atoms with Gasteiger partial charge in [0.15, 0.2) is 0 Å². The fourth-order valence-electron chi connectivity index (χ4n) is 5.85. The second-order valence-electron chi connectivity index (χ2n) is 8.02. The van der Waals surface area contributed by atoms with Gasteiger partial charge in [-0.2, -0.15) is 0 Å². The molecular weight excluding hydrogens is 362 g/mol. The van der Waals surface area contributed by atoms with Crippen LogP contribution in [0.3, 0.4) is 0 Å². The van der Waals surface area contributed by atoms with Crippen molar-refractivity contribution < 1.29 is 14.6 Å². The van der Waals surface area contributed by atoms with Crippen molar-refractivity contribution in [3.8, 4) is 5.75 Å². The first-order valence-electron chi connectivity index (χ1n) is 9.54. The van der Waals surface area contributed by atoms with Gasteiger partial charge in [0, 0.05) is 10.6 Å². The van der Waals surface area contributed by atoms with Crippen LogP contribution in [0.25, 0.3) is 0 Å². The third-order valence-corrected chi connectivity index (χ3v) is 7.22. The van der Waals surface area contributed by atoms with Crippen LogP contribution in [-0.4, -0.2) is 18.2 Å². The standard InChI is InChI=1S/C22H22ClNO3/c1-27-16-9-8-15(23)19-17-13-6-7-14(10-13)18(17)20(24-21(16)19)11-2-4-12(5-3-11)22(25)26/h2-5,8-9,13-14,17-18,20,24H,6-7,10H2,1H3,(H,25,26). The maximum absolute atomic E-state index is 11.2. The molecule has 0 radical (unpaired) electrons. The molecule has 0 amide bonds. The summed E-state index contributed by atoms with van der Waals surface area (Å²) in [6.45, 7) is 0. The highest BCUT2D eigenvalue weighted by Crippen LogP contribution is 2.65. The number of benzene rings is 2. The van der Waals surface area contributed by atoms with E-state index in [9.17, 15) is 9.90 Å². The summed E-state index contributed by atoms with van der Waals surface area (Å²) in [5, 5.41) is 13.7. The molecule has 3 aliphatic rings. The lowest BCUT2D eigenvalue weighted by Crippen LogP contribution is -2.35. The predicted octanol–water partition coefficient (Wildman–Crippen LogP) is 5.34. The van der Waals surface area contributed by atoms with Gasteiger partial charge in [-0.1, -0.05) is 23.7 Å². The molecule has 1 heterocycles. The average Bonchev–Trinajstić information content (AvgIpc) is 3.30. The number of halogens is 1. The number of carboxylic acid groups (broad SMARTS) is 1. The van der Waals surface area contributed by atoms with Crippen molar-refractivity contribution in [2.75, 3.05) is 12.4 Å². The summed E-state index contributed by atoms with van der Waals surface area (Å²) in [4.78, 5) is 11.2. The molecule has 2 aliphatic carbocycles. The molecule has 2 N–H and O–H groups in total. The largest absolute Gasteiger partial charge is 0.495 e. The molecule has 0 spiro atoms. The third kappa shape index (κ3) is 2.46. The van der Waals surface area contributed by atoms with Crippen LogP contribution in [0.5, 0.6) is 5.75 Å². The zero-order chi connectivity index (χ0) is 18.7. The van der Waals surface area contributed by atoms with E-state index in [1.807, 2.05) is 24.3 Å². The minimum atomic E-state index is -0.894. The molecule has 0 saturated heterocycles. The van der Waals surface area contributed by atoms with E-state index in [1.165, 1.54) is 24.8 Å². The van der Waals surface area contributed by atoms with Gasteiger partial charge in [-0.15, -0.1) is 0 Å². The number of hydrogen-bond donors (Lipinski definition) is 2. The van der Waals surface area contributed by atoms with Gasteiger partial charge < -0.3 is 15.2 Å². The molecule has 27 heavy (non-hydrogen) atoms. The number of carbonyl (C=O) groups is 1. The molecule has 5 rings (SSSR count). The number of methoxy groups -OCH3 is 1. The van der Waals surface area contributed by atoms with E-state index in [0.717, 1.165) is 22.0 Å². The lowest BCUT2D eigenvalue weighted by molar-refractivity contribution is 0.0697. The van der Waals surface area contributed by atoms with Crippen LogP contribution < -0.4 is 10.1 Å². The lowest BCUT2D eigenvalue weighted by atomic mass is 9.68. The molecule has 5 atom stereocenters. The topological polar surface area (TPSA) is 58.6 Å². The first-order valence-corrected chi connectivity index (χ1v) is 9.92. The summed E-state index contributed by atoms with van der Waals surface area (Å²) in [5.41, 5.74) is 3.67. The van der Waals surface area contributed by atoms with Gasteiger partial charge in [-0.25, -0.2) is 4.79 Å². The number of ether oxygens (including phenoxy) is 1. The van der Waals surface area contributed by atoms with Gasteiger partial charge in [-0.05, 0) is 72.8 Å². The Labute approximate surface area is 163 Å². The van der Waals surface area contributed by atoms with Crippen molar-refractivity contribution in [2.45, 2.75) is 31.2 Å². The highest BCUT2D eigenvalue weighted by atomic mass is 35.5. The number of nitrogens with one attached hydrogen (secondary N) is 1. The molecule has 0 aromatic heterocycles. The first-order chi connectivity index (χ1) is 13.1. The maximum atomic E-state index is 11.2. The smallest absolute Gasteiger partial charge is 0.335 e. The minimum absolute atomic E-state index is 0.146. The van der Waals surface area contributed by atoms with Crippen molar-refractivity contribution in [1.29, 1.82) is 0 Å². The number of fused-ring (bicyclic) bond motifs is 7. The number of anilines is 1. The summed E-state index contributed by atoms with van der Waals surface area (Å²) in [7, 11) is 1.69. The zero-order valence-corrected chi connectivity index (χ0v) is 15.9. The van der Waals surface area contributed by atoms with Crippen LogP contribution >= 0.6 is 11.6 Å². The highest BCUT2D eigenvalue weighted by molar-refractivity contribution is 6.32. The Kier molecular flexibility index (Phi) is 3.87. The minimum Gasteiger partial charge on any atom is -0.495 e. The summed E-state index contributed by atoms with van der Waals surface area (Å²) in [6, 6.07) is 11.3. The number of aromatic carboxylic acids is 1. The van der Waals surface area contributed by atoms with Crippen LogP contribution in [0.15, 0.2) is 36.4 Å². The van der Waals surface area contributed by atoms with Crippen LogP contribution in [0, 0.1) is 17.8 Å². The molecule has 2 aromatic rings. The van der Waals surface area contributed by atoms with Crippen LogP contribution in [0.2, 0.25) is 5.02 Å². The third-order valence-electron chi connectivity index (χ3n) is 6.89. The molecule has 2 aromatic carbocycles. The van der Waals surface area contributed by atoms with E-state index >= 15 is 0 Å². The van der Waals surface area contributed by atoms with E-state index in [4.69, 9.17) is 16.3 Å². The fourth-order valence-corrected chi connectivity index (χ4v) is 6.14. The van der Waals surface area contributed by atoms with E-state index in [2.05, 4.69) is 5.32 Å². The van der Waals surface area contributed by atoms with Crippen molar-refractivity contribution in [3.63, 3.8) is 0 Å². The Bertz CT molecular complexity index is 911. The van der Waals surface area contributed by atoms with Gasteiger partial charge >= 0.3 is 5.97 Å². The molecule has 5 heteroatoms. The number of rotatable bonds is 3. The molecule has 2 bridgehead atoms. The Balaban J connectivity index is 1.63. The predicted molar refractivity (Wildman–Crippen MR) is 105 cm³/mol. The van der Waals surface area contributed by atoms with Gasteiger partial charge in [0.1, 0.15) is 5.75 Å². The van der Waals surface area contributed by atoms with E-state index in [1.54, 1.807) is 19.2 Å². The van der Waals surface area contributed by atoms with E-state index < -0.39 is 5.97 Å². The Morgan fingerprint density at radius 1 is 1.15 bits per heavy atom. The lowest BCUT2D eigenvalue weighted by Gasteiger charge is -2.44. The van der Waals surface area contributed by atoms with Gasteiger partial charge in [-0.3, -0.25) is 0 Å². The highest BCUT2D eigenvalue weighted by Gasteiger charge is 2.54.